The number of benzene rings is 2. The molecule has 1 N–H and O–H groups in total. The predicted molar refractivity (Wildman–Crippen MR) is 150 cm³/mol. The van der Waals surface area contributed by atoms with E-state index in [1.54, 1.807) is 7.11 Å². The molecule has 0 saturated carbocycles. The van der Waals surface area contributed by atoms with Crippen molar-refractivity contribution in [3.05, 3.63) is 88.1 Å². The summed E-state index contributed by atoms with van der Waals surface area (Å²) in [4.78, 5) is 26.3. The second-order valence-electron chi connectivity index (χ2n) is 10.4. The van der Waals surface area contributed by atoms with Gasteiger partial charge in [0.1, 0.15) is 5.82 Å². The molecule has 38 heavy (non-hydrogen) atoms. The van der Waals surface area contributed by atoms with Crippen LogP contribution in [0.15, 0.2) is 48.9 Å². The average Bonchev–Trinajstić information content (AvgIpc) is 3.38. The van der Waals surface area contributed by atoms with Crippen molar-refractivity contribution in [1.82, 2.24) is 19.8 Å². The number of aromatic nitrogens is 2. The second-order valence-corrected chi connectivity index (χ2v) is 10.4. The molecule has 3 aromatic rings. The van der Waals surface area contributed by atoms with Gasteiger partial charge in [-0.1, -0.05) is 18.2 Å². The van der Waals surface area contributed by atoms with E-state index in [0.29, 0.717) is 17.4 Å². The van der Waals surface area contributed by atoms with Gasteiger partial charge in [0.2, 0.25) is 0 Å². The van der Waals surface area contributed by atoms with Crippen LogP contribution >= 0.6 is 0 Å². The number of carbonyl (C=O) groups excluding carboxylic acids is 1. The number of aryl methyl sites for hydroxylation is 2. The highest BCUT2D eigenvalue weighted by Crippen LogP contribution is 2.35. The molecule has 2 aliphatic rings. The highest BCUT2D eigenvalue weighted by atomic mass is 16.5. The molecule has 1 unspecified atom stereocenters. The van der Waals surface area contributed by atoms with Crippen LogP contribution in [0.25, 0.3) is 11.4 Å². The van der Waals surface area contributed by atoms with E-state index >= 15 is 0 Å². The molecule has 7 heteroatoms. The monoisotopic (exact) mass is 511 g/mol. The number of methoxy groups -OCH3 is 1. The lowest BCUT2D eigenvalue weighted by Gasteiger charge is -2.34. The SMILES string of the molecule is C=C(OC)N1CCc2[nH]c(-c3cc(C(=O)N4CCC(c5ccc(C#N)cc5)CC4)c(C)cc3C)nc2C1C.[HH]. The predicted octanol–water partition coefficient (Wildman–Crippen LogP) is 5.87. The molecule has 198 valence electrons. The van der Waals surface area contributed by atoms with Gasteiger partial charge in [0, 0.05) is 44.3 Å². The quantitative estimate of drug-likeness (QED) is 0.433. The lowest BCUT2D eigenvalue weighted by atomic mass is 9.88. The van der Waals surface area contributed by atoms with Crippen molar-refractivity contribution in [2.45, 2.75) is 52.0 Å². The molecule has 1 fully saturated rings. The molecule has 7 nitrogen and oxygen atoms in total. The van der Waals surface area contributed by atoms with Crippen molar-refractivity contribution in [3.63, 3.8) is 0 Å². The van der Waals surface area contributed by atoms with Gasteiger partial charge >= 0.3 is 0 Å². The summed E-state index contributed by atoms with van der Waals surface area (Å²) in [5, 5.41) is 9.06. The zero-order valence-corrected chi connectivity index (χ0v) is 22.7. The molecule has 0 aliphatic carbocycles. The fraction of sp³-hybridized carbons (Fsp3) is 0.387. The van der Waals surface area contributed by atoms with Crippen LogP contribution in [0.2, 0.25) is 0 Å². The lowest BCUT2D eigenvalue weighted by molar-refractivity contribution is 0.0712. The van der Waals surface area contributed by atoms with Crippen molar-refractivity contribution >= 4 is 5.91 Å². The van der Waals surface area contributed by atoms with Gasteiger partial charge in [0.05, 0.1) is 30.5 Å². The number of nitriles is 1. The van der Waals surface area contributed by atoms with Gasteiger partial charge in [-0.25, -0.2) is 4.98 Å². The third-order valence-corrected chi connectivity index (χ3v) is 8.18. The number of imidazole rings is 1. The van der Waals surface area contributed by atoms with Crippen LogP contribution in [0.3, 0.4) is 0 Å². The Kier molecular flexibility index (Phi) is 6.98. The molecule has 2 aliphatic heterocycles. The average molecular weight is 512 g/mol. The Morgan fingerprint density at radius 1 is 1.16 bits per heavy atom. The number of nitrogens with zero attached hydrogens (tertiary/aromatic N) is 4. The topological polar surface area (TPSA) is 85.2 Å². The van der Waals surface area contributed by atoms with Crippen LogP contribution in [-0.2, 0) is 11.2 Å². The number of ether oxygens (including phenoxy) is 1. The number of hydrogen-bond acceptors (Lipinski definition) is 5. The normalized spacial score (nSPS) is 17.6. The number of amides is 1. The molecule has 0 spiro atoms. The summed E-state index contributed by atoms with van der Waals surface area (Å²) in [6.07, 6.45) is 2.67. The van der Waals surface area contributed by atoms with Gasteiger partial charge < -0.3 is 19.5 Å². The van der Waals surface area contributed by atoms with E-state index in [2.05, 4.69) is 42.4 Å². The van der Waals surface area contributed by atoms with Crippen molar-refractivity contribution in [3.8, 4) is 17.5 Å². The number of carbonyl (C=O) groups is 1. The number of rotatable bonds is 5. The number of fused-ring (bicyclic) bond motifs is 1. The molecule has 0 bridgehead atoms. The van der Waals surface area contributed by atoms with Crippen molar-refractivity contribution < 1.29 is 11.0 Å². The summed E-state index contributed by atoms with van der Waals surface area (Å²) in [5.74, 6) is 1.94. The third-order valence-electron chi connectivity index (χ3n) is 8.18. The number of piperidine rings is 1. The summed E-state index contributed by atoms with van der Waals surface area (Å²) in [6.45, 7) is 12.5. The Morgan fingerprint density at radius 3 is 2.53 bits per heavy atom. The standard InChI is InChI=1S/C31H35N5O2.H2/c1-19-16-20(2)27(31(37)35-13-10-25(11-14-35)24-8-6-23(18-32)7-9-24)17-26(19)30-33-28-12-15-36(22(4)38-5)21(3)29(28)34-30;/h6-9,16-17,21,25H,4,10-15H2,1-3,5H3,(H,33,34);1H. The minimum atomic E-state index is 0. The number of hydrogen-bond donors (Lipinski definition) is 1. The Balaban J connectivity index is 0.00000353. The molecular weight excluding hydrogens is 474 g/mol. The van der Waals surface area contributed by atoms with Crippen LogP contribution in [-0.4, -0.2) is 52.4 Å². The Hall–Kier alpha value is -4.05. The van der Waals surface area contributed by atoms with Crippen molar-refractivity contribution in [2.75, 3.05) is 26.7 Å². The maximum atomic E-state index is 13.7. The van der Waals surface area contributed by atoms with Gasteiger partial charge in [-0.2, -0.15) is 5.26 Å². The number of H-pyrrole nitrogens is 1. The molecule has 1 aromatic heterocycles. The highest BCUT2D eigenvalue weighted by Gasteiger charge is 2.30. The minimum absolute atomic E-state index is 0. The summed E-state index contributed by atoms with van der Waals surface area (Å²) in [7, 11) is 1.64. The zero-order valence-electron chi connectivity index (χ0n) is 22.7. The highest BCUT2D eigenvalue weighted by molar-refractivity contribution is 5.97. The van der Waals surface area contributed by atoms with E-state index in [0.717, 1.165) is 78.4 Å². The smallest absolute Gasteiger partial charge is 0.254 e. The number of likely N-dealkylation sites (tertiary alicyclic amines) is 1. The molecule has 2 aromatic carbocycles. The fourth-order valence-corrected chi connectivity index (χ4v) is 5.87. The van der Waals surface area contributed by atoms with Gasteiger partial charge in [0.15, 0.2) is 5.88 Å². The summed E-state index contributed by atoms with van der Waals surface area (Å²) < 4.78 is 5.38. The van der Waals surface area contributed by atoms with E-state index < -0.39 is 0 Å². The summed E-state index contributed by atoms with van der Waals surface area (Å²) >= 11 is 0. The first kappa shape index (κ1) is 25.6. The van der Waals surface area contributed by atoms with Gasteiger partial charge in [-0.15, -0.1) is 0 Å². The van der Waals surface area contributed by atoms with Crippen LogP contribution in [0, 0.1) is 25.2 Å². The van der Waals surface area contributed by atoms with Gasteiger partial charge in [-0.05, 0) is 81.0 Å². The number of aromatic amines is 1. The first-order valence-electron chi connectivity index (χ1n) is 13.3. The maximum Gasteiger partial charge on any atom is 0.254 e. The minimum Gasteiger partial charge on any atom is -0.483 e. The Bertz CT molecular complexity index is 1410. The molecule has 5 rings (SSSR count). The second kappa shape index (κ2) is 10.4. The first-order valence-corrected chi connectivity index (χ1v) is 13.3. The van der Waals surface area contributed by atoms with E-state index in [1.807, 2.05) is 42.2 Å². The van der Waals surface area contributed by atoms with E-state index in [9.17, 15) is 4.79 Å². The maximum absolute atomic E-state index is 13.7. The Labute approximate surface area is 226 Å². The van der Waals surface area contributed by atoms with Gasteiger partial charge in [-0.3, -0.25) is 4.79 Å². The summed E-state index contributed by atoms with van der Waals surface area (Å²) in [6, 6.07) is 14.2. The summed E-state index contributed by atoms with van der Waals surface area (Å²) in [5.41, 5.74) is 7.83. The van der Waals surface area contributed by atoms with Crippen LogP contribution in [0.1, 0.15) is 77.2 Å². The van der Waals surface area contributed by atoms with Crippen molar-refractivity contribution in [1.29, 1.82) is 5.26 Å². The van der Waals surface area contributed by atoms with Crippen LogP contribution in [0.4, 0.5) is 0 Å². The molecule has 0 radical (unpaired) electrons. The molecule has 1 atom stereocenters. The van der Waals surface area contributed by atoms with E-state index in [1.165, 1.54) is 5.56 Å². The molecule has 3 heterocycles. The zero-order chi connectivity index (χ0) is 27.0. The fourth-order valence-electron chi connectivity index (χ4n) is 5.87. The van der Waals surface area contributed by atoms with Crippen LogP contribution < -0.4 is 0 Å². The number of nitrogens with one attached hydrogen (secondary N) is 1. The van der Waals surface area contributed by atoms with Crippen LogP contribution in [0.5, 0.6) is 0 Å². The molecule has 1 saturated heterocycles. The van der Waals surface area contributed by atoms with Crippen molar-refractivity contribution in [2.24, 2.45) is 0 Å². The van der Waals surface area contributed by atoms with E-state index in [-0.39, 0.29) is 13.4 Å². The molecule has 1 amide bonds. The molecular formula is C31H37N5O2. The lowest BCUT2D eigenvalue weighted by Crippen LogP contribution is -2.38. The first-order chi connectivity index (χ1) is 18.3. The van der Waals surface area contributed by atoms with E-state index in [4.69, 9.17) is 15.0 Å². The largest absolute Gasteiger partial charge is 0.483 e. The van der Waals surface area contributed by atoms with Gasteiger partial charge in [0.25, 0.3) is 5.91 Å². The Morgan fingerprint density at radius 2 is 1.87 bits per heavy atom. The third kappa shape index (κ3) is 4.67.